The van der Waals surface area contributed by atoms with Crippen molar-refractivity contribution < 1.29 is 0 Å². The molecule has 0 spiro atoms. The van der Waals surface area contributed by atoms with Gasteiger partial charge >= 0.3 is 0 Å². The van der Waals surface area contributed by atoms with Gasteiger partial charge in [-0.15, -0.1) is 0 Å². The normalized spacial score (nSPS) is 20.7. The molecule has 0 radical (unpaired) electrons. The number of aromatic nitrogens is 1. The van der Waals surface area contributed by atoms with Crippen molar-refractivity contribution in [1.29, 1.82) is 0 Å². The average Bonchev–Trinajstić information content (AvgIpc) is 2.78. The maximum absolute atomic E-state index is 4.31. The molecule has 0 bridgehead atoms. The quantitative estimate of drug-likeness (QED) is 0.847. The van der Waals surface area contributed by atoms with Gasteiger partial charge in [-0.25, -0.2) is 4.98 Å². The van der Waals surface area contributed by atoms with Gasteiger partial charge in [-0.2, -0.15) is 0 Å². The zero-order valence-corrected chi connectivity index (χ0v) is 10.9. The van der Waals surface area contributed by atoms with Crippen LogP contribution in [-0.2, 0) is 6.54 Å². The molecule has 1 aliphatic rings. The Hall–Kier alpha value is -1.09. The van der Waals surface area contributed by atoms with Crippen LogP contribution in [0.2, 0.25) is 0 Å². The molecule has 94 valence electrons. The third-order valence-electron chi connectivity index (χ3n) is 3.54. The van der Waals surface area contributed by atoms with Crippen LogP contribution < -0.4 is 5.32 Å². The lowest BCUT2D eigenvalue weighted by Crippen LogP contribution is -2.20. The van der Waals surface area contributed by atoms with Crippen molar-refractivity contribution in [2.24, 2.45) is 5.92 Å². The highest BCUT2D eigenvalue weighted by atomic mass is 15.1. The standard InChI is InChI=1S/C14H23N3/c1-3-12-6-8-17(10-12)11-13-5-7-16-14(9-13)15-4-2/h5,7,9,12H,3-4,6,8,10-11H2,1-2H3,(H,15,16). The molecule has 1 atom stereocenters. The molecule has 1 aromatic rings. The Balaban J connectivity index is 1.92. The van der Waals surface area contributed by atoms with Gasteiger partial charge in [0.2, 0.25) is 0 Å². The molecule has 3 heteroatoms. The van der Waals surface area contributed by atoms with Crippen LogP contribution in [0.3, 0.4) is 0 Å². The Labute approximate surface area is 104 Å². The van der Waals surface area contributed by atoms with Crippen LogP contribution in [0.1, 0.15) is 32.3 Å². The fourth-order valence-corrected chi connectivity index (χ4v) is 2.50. The molecule has 0 aromatic carbocycles. The van der Waals surface area contributed by atoms with Gasteiger partial charge in [0.05, 0.1) is 0 Å². The fourth-order valence-electron chi connectivity index (χ4n) is 2.50. The van der Waals surface area contributed by atoms with Crippen LogP contribution in [0, 0.1) is 5.92 Å². The van der Waals surface area contributed by atoms with Gasteiger partial charge in [-0.05, 0) is 43.5 Å². The maximum atomic E-state index is 4.31. The molecule has 0 aliphatic carbocycles. The Kier molecular flexibility index (Phi) is 4.37. The molecule has 1 unspecified atom stereocenters. The van der Waals surface area contributed by atoms with E-state index in [0.717, 1.165) is 24.8 Å². The molecule has 1 aromatic heterocycles. The Morgan fingerprint density at radius 1 is 1.47 bits per heavy atom. The van der Waals surface area contributed by atoms with Gasteiger partial charge < -0.3 is 5.32 Å². The highest BCUT2D eigenvalue weighted by molar-refractivity contribution is 5.37. The molecule has 2 rings (SSSR count). The second-order valence-corrected chi connectivity index (χ2v) is 4.88. The van der Waals surface area contributed by atoms with Crippen LogP contribution in [0.25, 0.3) is 0 Å². The van der Waals surface area contributed by atoms with Crippen molar-refractivity contribution in [1.82, 2.24) is 9.88 Å². The van der Waals surface area contributed by atoms with Crippen molar-refractivity contribution in [3.8, 4) is 0 Å². The highest BCUT2D eigenvalue weighted by Gasteiger charge is 2.20. The van der Waals surface area contributed by atoms with E-state index in [-0.39, 0.29) is 0 Å². The zero-order chi connectivity index (χ0) is 12.1. The monoisotopic (exact) mass is 233 g/mol. The smallest absolute Gasteiger partial charge is 0.126 e. The Morgan fingerprint density at radius 3 is 3.06 bits per heavy atom. The topological polar surface area (TPSA) is 28.2 Å². The lowest BCUT2D eigenvalue weighted by molar-refractivity contribution is 0.315. The maximum Gasteiger partial charge on any atom is 0.126 e. The van der Waals surface area contributed by atoms with Crippen molar-refractivity contribution in [3.05, 3.63) is 23.9 Å². The Morgan fingerprint density at radius 2 is 2.35 bits per heavy atom. The van der Waals surface area contributed by atoms with E-state index in [4.69, 9.17) is 0 Å². The number of nitrogens with zero attached hydrogens (tertiary/aromatic N) is 2. The van der Waals surface area contributed by atoms with E-state index < -0.39 is 0 Å². The molecule has 2 heterocycles. The summed E-state index contributed by atoms with van der Waals surface area (Å²) in [5.74, 6) is 1.90. The van der Waals surface area contributed by atoms with E-state index in [0.29, 0.717) is 0 Å². The van der Waals surface area contributed by atoms with E-state index in [1.807, 2.05) is 6.20 Å². The highest BCUT2D eigenvalue weighted by Crippen LogP contribution is 2.21. The van der Waals surface area contributed by atoms with Crippen molar-refractivity contribution in [2.45, 2.75) is 33.2 Å². The van der Waals surface area contributed by atoms with Crippen LogP contribution in [0.4, 0.5) is 5.82 Å². The lowest BCUT2D eigenvalue weighted by Gasteiger charge is -2.16. The molecule has 1 aliphatic heterocycles. The first-order chi connectivity index (χ1) is 8.31. The predicted octanol–water partition coefficient (Wildman–Crippen LogP) is 2.75. The number of pyridine rings is 1. The summed E-state index contributed by atoms with van der Waals surface area (Å²) in [6.07, 6.45) is 4.58. The van der Waals surface area contributed by atoms with Gasteiger partial charge in [-0.1, -0.05) is 13.3 Å². The van der Waals surface area contributed by atoms with Gasteiger partial charge in [0, 0.05) is 25.8 Å². The number of rotatable bonds is 5. The fraction of sp³-hybridized carbons (Fsp3) is 0.643. The summed E-state index contributed by atoms with van der Waals surface area (Å²) in [7, 11) is 0. The zero-order valence-electron chi connectivity index (χ0n) is 10.9. The first-order valence-electron chi connectivity index (χ1n) is 6.73. The Bertz CT molecular complexity index is 351. The van der Waals surface area contributed by atoms with Crippen LogP contribution >= 0.6 is 0 Å². The molecule has 0 saturated carbocycles. The van der Waals surface area contributed by atoms with Gasteiger partial charge in [0.15, 0.2) is 0 Å². The van der Waals surface area contributed by atoms with Gasteiger partial charge in [0.25, 0.3) is 0 Å². The van der Waals surface area contributed by atoms with Gasteiger partial charge in [0.1, 0.15) is 5.82 Å². The predicted molar refractivity (Wildman–Crippen MR) is 72.1 cm³/mol. The first-order valence-corrected chi connectivity index (χ1v) is 6.73. The minimum absolute atomic E-state index is 0.907. The third kappa shape index (κ3) is 3.43. The summed E-state index contributed by atoms with van der Waals surface area (Å²) in [5.41, 5.74) is 1.37. The van der Waals surface area contributed by atoms with Crippen molar-refractivity contribution in [2.75, 3.05) is 25.0 Å². The summed E-state index contributed by atoms with van der Waals surface area (Å²) in [6, 6.07) is 4.29. The second kappa shape index (κ2) is 6.01. The number of hydrogen-bond acceptors (Lipinski definition) is 3. The molecule has 1 saturated heterocycles. The lowest BCUT2D eigenvalue weighted by atomic mass is 10.1. The largest absolute Gasteiger partial charge is 0.370 e. The summed E-state index contributed by atoms with van der Waals surface area (Å²) in [5, 5.41) is 3.26. The minimum atomic E-state index is 0.907. The summed E-state index contributed by atoms with van der Waals surface area (Å²) in [6.45, 7) is 8.90. The second-order valence-electron chi connectivity index (χ2n) is 4.88. The van der Waals surface area contributed by atoms with Crippen LogP contribution in [0.5, 0.6) is 0 Å². The van der Waals surface area contributed by atoms with E-state index in [1.165, 1.54) is 31.5 Å². The van der Waals surface area contributed by atoms with E-state index in [2.05, 4.69) is 41.2 Å². The number of anilines is 1. The van der Waals surface area contributed by atoms with E-state index >= 15 is 0 Å². The summed E-state index contributed by atoms with van der Waals surface area (Å²) < 4.78 is 0. The molecular weight excluding hydrogens is 210 g/mol. The van der Waals surface area contributed by atoms with Crippen LogP contribution in [-0.4, -0.2) is 29.5 Å². The number of nitrogens with one attached hydrogen (secondary N) is 1. The summed E-state index contributed by atoms with van der Waals surface area (Å²) >= 11 is 0. The molecule has 3 nitrogen and oxygen atoms in total. The molecule has 1 N–H and O–H groups in total. The SMILES string of the molecule is CCNc1cc(CN2CCC(CC)C2)ccn1. The first kappa shape index (κ1) is 12.4. The van der Waals surface area contributed by atoms with E-state index in [9.17, 15) is 0 Å². The minimum Gasteiger partial charge on any atom is -0.370 e. The molecular formula is C14H23N3. The number of likely N-dealkylation sites (tertiary alicyclic amines) is 1. The molecule has 1 fully saturated rings. The van der Waals surface area contributed by atoms with Crippen LogP contribution in [0.15, 0.2) is 18.3 Å². The van der Waals surface area contributed by atoms with Gasteiger partial charge in [-0.3, -0.25) is 4.90 Å². The van der Waals surface area contributed by atoms with E-state index in [1.54, 1.807) is 0 Å². The molecule has 0 amide bonds. The third-order valence-corrected chi connectivity index (χ3v) is 3.54. The van der Waals surface area contributed by atoms with Crippen molar-refractivity contribution >= 4 is 5.82 Å². The van der Waals surface area contributed by atoms with Crippen molar-refractivity contribution in [3.63, 3.8) is 0 Å². The molecule has 17 heavy (non-hydrogen) atoms. The number of hydrogen-bond donors (Lipinski definition) is 1. The summed E-state index contributed by atoms with van der Waals surface area (Å²) in [4.78, 5) is 6.86. The average molecular weight is 233 g/mol.